The Bertz CT molecular complexity index is 884. The maximum Gasteiger partial charge on any atom is 0.230 e. The highest BCUT2D eigenvalue weighted by Gasteiger charge is 2.09. The van der Waals surface area contributed by atoms with E-state index >= 15 is 0 Å². The summed E-state index contributed by atoms with van der Waals surface area (Å²) < 4.78 is 7.34. The fourth-order valence-electron chi connectivity index (χ4n) is 2.79. The van der Waals surface area contributed by atoms with Crippen LogP contribution in [0.2, 0.25) is 0 Å². The Hall–Kier alpha value is -2.82. The van der Waals surface area contributed by atoms with Gasteiger partial charge in [0, 0.05) is 18.3 Å². The monoisotopic (exact) mass is 337 g/mol. The van der Waals surface area contributed by atoms with Crippen LogP contribution in [0.15, 0.2) is 47.5 Å². The van der Waals surface area contributed by atoms with E-state index < -0.39 is 0 Å². The third kappa shape index (κ3) is 3.82. The first-order valence-corrected chi connectivity index (χ1v) is 8.59. The van der Waals surface area contributed by atoms with Crippen LogP contribution in [0.4, 0.5) is 5.95 Å². The summed E-state index contributed by atoms with van der Waals surface area (Å²) in [6.07, 6.45) is 5.06. The zero-order chi connectivity index (χ0) is 17.6. The quantitative estimate of drug-likeness (QED) is 0.502. The molecular formula is C20H23N3O2. The van der Waals surface area contributed by atoms with Crippen molar-refractivity contribution in [1.29, 1.82) is 0 Å². The molecule has 3 rings (SSSR count). The molecule has 3 aromatic rings. The molecule has 0 amide bonds. The number of rotatable bonds is 7. The number of hydrogen-bond donors (Lipinski definition) is 1. The van der Waals surface area contributed by atoms with Crippen LogP contribution in [0.25, 0.3) is 11.0 Å². The van der Waals surface area contributed by atoms with Gasteiger partial charge in [0.2, 0.25) is 5.95 Å². The predicted molar refractivity (Wildman–Crippen MR) is 101 cm³/mol. The van der Waals surface area contributed by atoms with Crippen LogP contribution in [0, 0.1) is 0 Å². The lowest BCUT2D eigenvalue weighted by atomic mass is 10.2. The van der Waals surface area contributed by atoms with Crippen molar-refractivity contribution in [1.82, 2.24) is 9.55 Å². The SMILES string of the molecule is CCCCCn1c(N=Cc2cc(OC)ccc2O)nc2ccccc21. The second-order valence-electron chi connectivity index (χ2n) is 5.94. The average Bonchev–Trinajstić information content (AvgIpc) is 2.99. The van der Waals surface area contributed by atoms with Gasteiger partial charge in [0.05, 0.1) is 18.1 Å². The van der Waals surface area contributed by atoms with Crippen molar-refractivity contribution in [3.63, 3.8) is 0 Å². The summed E-state index contributed by atoms with van der Waals surface area (Å²) in [6, 6.07) is 13.1. The number of ether oxygens (including phenoxy) is 1. The second-order valence-corrected chi connectivity index (χ2v) is 5.94. The van der Waals surface area contributed by atoms with Crippen molar-refractivity contribution >= 4 is 23.2 Å². The van der Waals surface area contributed by atoms with Crippen molar-refractivity contribution in [3.05, 3.63) is 48.0 Å². The molecule has 1 N–H and O–H groups in total. The van der Waals surface area contributed by atoms with Crippen LogP contribution in [0.5, 0.6) is 11.5 Å². The third-order valence-corrected chi connectivity index (χ3v) is 4.17. The number of benzene rings is 2. The number of para-hydroxylation sites is 2. The minimum Gasteiger partial charge on any atom is -0.507 e. The highest BCUT2D eigenvalue weighted by Crippen LogP contribution is 2.25. The molecular weight excluding hydrogens is 314 g/mol. The predicted octanol–water partition coefficient (Wildman–Crippen LogP) is 4.69. The first kappa shape index (κ1) is 17.0. The maximum absolute atomic E-state index is 10.0. The van der Waals surface area contributed by atoms with E-state index in [1.807, 2.05) is 18.2 Å². The molecule has 130 valence electrons. The van der Waals surface area contributed by atoms with Gasteiger partial charge in [-0.3, -0.25) is 0 Å². The lowest BCUT2D eigenvalue weighted by Crippen LogP contribution is -1.97. The van der Waals surface area contributed by atoms with Crippen LogP contribution < -0.4 is 4.74 Å². The molecule has 25 heavy (non-hydrogen) atoms. The summed E-state index contributed by atoms with van der Waals surface area (Å²) in [5.74, 6) is 1.49. The van der Waals surface area contributed by atoms with Gasteiger partial charge in [0.15, 0.2) is 0 Å². The molecule has 0 bridgehead atoms. The molecule has 0 radical (unpaired) electrons. The lowest BCUT2D eigenvalue weighted by molar-refractivity contribution is 0.412. The number of aryl methyl sites for hydroxylation is 1. The van der Waals surface area contributed by atoms with E-state index in [1.165, 1.54) is 12.8 Å². The summed E-state index contributed by atoms with van der Waals surface area (Å²) in [5, 5.41) is 10.0. The van der Waals surface area contributed by atoms with E-state index in [0.29, 0.717) is 17.3 Å². The summed E-state index contributed by atoms with van der Waals surface area (Å²) in [7, 11) is 1.60. The van der Waals surface area contributed by atoms with Gasteiger partial charge in [-0.05, 0) is 36.8 Å². The van der Waals surface area contributed by atoms with Crippen LogP contribution in [0.3, 0.4) is 0 Å². The van der Waals surface area contributed by atoms with E-state index in [-0.39, 0.29) is 5.75 Å². The van der Waals surface area contributed by atoms with Gasteiger partial charge in [-0.15, -0.1) is 0 Å². The molecule has 5 heteroatoms. The topological polar surface area (TPSA) is 59.6 Å². The van der Waals surface area contributed by atoms with Crippen LogP contribution >= 0.6 is 0 Å². The fourth-order valence-corrected chi connectivity index (χ4v) is 2.79. The molecule has 0 saturated heterocycles. The molecule has 1 aromatic heterocycles. The molecule has 0 aliphatic heterocycles. The zero-order valence-electron chi connectivity index (χ0n) is 14.6. The van der Waals surface area contributed by atoms with Crippen molar-refractivity contribution in [2.45, 2.75) is 32.7 Å². The summed E-state index contributed by atoms with van der Waals surface area (Å²) in [6.45, 7) is 3.07. The third-order valence-electron chi connectivity index (χ3n) is 4.17. The van der Waals surface area contributed by atoms with E-state index in [4.69, 9.17) is 4.74 Å². The number of phenols is 1. The molecule has 0 aliphatic rings. The van der Waals surface area contributed by atoms with Gasteiger partial charge in [-0.2, -0.15) is 0 Å². The van der Waals surface area contributed by atoms with E-state index in [1.54, 1.807) is 31.5 Å². The van der Waals surface area contributed by atoms with E-state index in [9.17, 15) is 5.11 Å². The molecule has 5 nitrogen and oxygen atoms in total. The number of imidazole rings is 1. The van der Waals surface area contributed by atoms with Crippen LogP contribution in [-0.4, -0.2) is 28.0 Å². The van der Waals surface area contributed by atoms with Gasteiger partial charge >= 0.3 is 0 Å². The second kappa shape index (κ2) is 7.83. The average molecular weight is 337 g/mol. The Morgan fingerprint density at radius 3 is 2.84 bits per heavy atom. The number of methoxy groups -OCH3 is 1. The van der Waals surface area contributed by atoms with Crippen molar-refractivity contribution in [2.75, 3.05) is 7.11 Å². The molecule has 0 atom stereocenters. The number of aromatic hydroxyl groups is 1. The molecule has 0 saturated carbocycles. The Morgan fingerprint density at radius 2 is 2.04 bits per heavy atom. The smallest absolute Gasteiger partial charge is 0.230 e. The highest BCUT2D eigenvalue weighted by atomic mass is 16.5. The van der Waals surface area contributed by atoms with Crippen molar-refractivity contribution in [3.8, 4) is 11.5 Å². The molecule has 0 aliphatic carbocycles. The lowest BCUT2D eigenvalue weighted by Gasteiger charge is -2.06. The largest absolute Gasteiger partial charge is 0.507 e. The van der Waals surface area contributed by atoms with Gasteiger partial charge < -0.3 is 14.4 Å². The maximum atomic E-state index is 10.0. The molecule has 1 heterocycles. The van der Waals surface area contributed by atoms with Gasteiger partial charge in [0.25, 0.3) is 0 Å². The van der Waals surface area contributed by atoms with E-state index in [2.05, 4.69) is 27.5 Å². The van der Waals surface area contributed by atoms with Gasteiger partial charge in [0.1, 0.15) is 11.5 Å². The molecule has 2 aromatic carbocycles. The molecule has 0 spiro atoms. The number of aromatic nitrogens is 2. The molecule has 0 unspecified atom stereocenters. The number of nitrogens with zero attached hydrogens (tertiary/aromatic N) is 3. The van der Waals surface area contributed by atoms with Crippen LogP contribution in [-0.2, 0) is 6.54 Å². The van der Waals surface area contributed by atoms with Gasteiger partial charge in [-0.25, -0.2) is 9.98 Å². The number of unbranched alkanes of at least 4 members (excludes halogenated alkanes) is 2. The van der Waals surface area contributed by atoms with E-state index in [0.717, 1.165) is 24.0 Å². The van der Waals surface area contributed by atoms with Crippen molar-refractivity contribution in [2.24, 2.45) is 4.99 Å². The summed E-state index contributed by atoms with van der Waals surface area (Å²) >= 11 is 0. The Kier molecular flexibility index (Phi) is 5.33. The molecule has 0 fully saturated rings. The van der Waals surface area contributed by atoms with Gasteiger partial charge in [-0.1, -0.05) is 31.9 Å². The number of aliphatic imine (C=N–C) groups is 1. The number of fused-ring (bicyclic) bond motifs is 1. The Labute approximate surface area is 147 Å². The normalized spacial score (nSPS) is 11.4. The summed E-state index contributed by atoms with van der Waals surface area (Å²) in [5.41, 5.74) is 2.62. The first-order chi connectivity index (χ1) is 12.2. The zero-order valence-corrected chi connectivity index (χ0v) is 14.6. The fraction of sp³-hybridized carbons (Fsp3) is 0.300. The standard InChI is InChI=1S/C20H23N3O2/c1-3-4-7-12-23-18-9-6-5-8-17(18)22-20(23)21-14-15-13-16(25-2)10-11-19(15)24/h5-6,8-11,13-14,24H,3-4,7,12H2,1-2H3. The number of phenolic OH excluding ortho intramolecular Hbond substituents is 1. The minimum absolute atomic E-state index is 0.165. The van der Waals surface area contributed by atoms with Crippen LogP contribution in [0.1, 0.15) is 31.7 Å². The summed E-state index contributed by atoms with van der Waals surface area (Å²) in [4.78, 5) is 9.17. The number of hydrogen-bond acceptors (Lipinski definition) is 4. The Balaban J connectivity index is 1.96. The highest BCUT2D eigenvalue weighted by molar-refractivity contribution is 5.86. The minimum atomic E-state index is 0.165. The Morgan fingerprint density at radius 1 is 1.20 bits per heavy atom. The van der Waals surface area contributed by atoms with Crippen molar-refractivity contribution < 1.29 is 9.84 Å². The first-order valence-electron chi connectivity index (χ1n) is 8.59.